The topological polar surface area (TPSA) is 63.8 Å². The first kappa shape index (κ1) is 11.4. The first-order valence-electron chi connectivity index (χ1n) is 5.50. The number of anilines is 3. The van der Waals surface area contributed by atoms with Crippen molar-refractivity contribution < 1.29 is 0 Å². The molecular weight excluding hydrogens is 212 g/mol. The van der Waals surface area contributed by atoms with Crippen molar-refractivity contribution in [2.24, 2.45) is 0 Å². The summed E-state index contributed by atoms with van der Waals surface area (Å²) in [6.45, 7) is 6.01. The van der Waals surface area contributed by atoms with E-state index in [1.165, 1.54) is 11.1 Å². The Labute approximate surface area is 101 Å². The van der Waals surface area contributed by atoms with Gasteiger partial charge in [0.1, 0.15) is 5.82 Å². The minimum Gasteiger partial charge on any atom is -0.368 e. The zero-order valence-electron chi connectivity index (χ0n) is 10.3. The van der Waals surface area contributed by atoms with Crippen LogP contribution >= 0.6 is 0 Å². The lowest BCUT2D eigenvalue weighted by molar-refractivity contribution is 1.12. The molecule has 0 fully saturated rings. The van der Waals surface area contributed by atoms with Gasteiger partial charge in [-0.1, -0.05) is 12.1 Å². The van der Waals surface area contributed by atoms with E-state index in [-0.39, 0.29) is 5.95 Å². The highest BCUT2D eigenvalue weighted by atomic mass is 15.1. The summed E-state index contributed by atoms with van der Waals surface area (Å²) in [6.07, 6.45) is 0. The summed E-state index contributed by atoms with van der Waals surface area (Å²) in [7, 11) is 0. The molecule has 2 rings (SSSR count). The SMILES string of the molecule is Cc1ccc(C)c(Nc2cc(C)nc(N)n2)c1. The molecule has 3 N–H and O–H groups in total. The molecule has 0 amide bonds. The zero-order valence-corrected chi connectivity index (χ0v) is 10.3. The summed E-state index contributed by atoms with van der Waals surface area (Å²) >= 11 is 0. The van der Waals surface area contributed by atoms with E-state index in [2.05, 4.69) is 47.3 Å². The number of nitrogen functional groups attached to an aromatic ring is 1. The minimum absolute atomic E-state index is 0.290. The highest BCUT2D eigenvalue weighted by Gasteiger charge is 2.02. The number of aromatic nitrogens is 2. The van der Waals surface area contributed by atoms with Crippen LogP contribution in [0.4, 0.5) is 17.5 Å². The van der Waals surface area contributed by atoms with E-state index in [0.717, 1.165) is 17.2 Å². The van der Waals surface area contributed by atoms with E-state index in [1.807, 2.05) is 13.0 Å². The second-order valence-electron chi connectivity index (χ2n) is 4.20. The van der Waals surface area contributed by atoms with Crippen LogP contribution < -0.4 is 11.1 Å². The van der Waals surface area contributed by atoms with E-state index in [1.54, 1.807) is 0 Å². The van der Waals surface area contributed by atoms with Gasteiger partial charge >= 0.3 is 0 Å². The quantitative estimate of drug-likeness (QED) is 0.829. The van der Waals surface area contributed by atoms with Crippen molar-refractivity contribution in [3.8, 4) is 0 Å². The minimum atomic E-state index is 0.290. The summed E-state index contributed by atoms with van der Waals surface area (Å²) < 4.78 is 0. The van der Waals surface area contributed by atoms with Crippen LogP contribution in [0.5, 0.6) is 0 Å². The number of rotatable bonds is 2. The summed E-state index contributed by atoms with van der Waals surface area (Å²) in [4.78, 5) is 8.20. The van der Waals surface area contributed by atoms with Crippen molar-refractivity contribution in [1.29, 1.82) is 0 Å². The van der Waals surface area contributed by atoms with Crippen LogP contribution in [0.15, 0.2) is 24.3 Å². The van der Waals surface area contributed by atoms with Crippen molar-refractivity contribution in [3.05, 3.63) is 41.1 Å². The monoisotopic (exact) mass is 228 g/mol. The molecular formula is C13H16N4. The Morgan fingerprint density at radius 2 is 1.82 bits per heavy atom. The molecule has 0 aliphatic rings. The highest BCUT2D eigenvalue weighted by Crippen LogP contribution is 2.21. The lowest BCUT2D eigenvalue weighted by atomic mass is 10.1. The summed E-state index contributed by atoms with van der Waals surface area (Å²) in [5.41, 5.74) is 9.89. The van der Waals surface area contributed by atoms with Crippen LogP contribution in [0.25, 0.3) is 0 Å². The van der Waals surface area contributed by atoms with Crippen molar-refractivity contribution >= 4 is 17.5 Å². The van der Waals surface area contributed by atoms with Crippen LogP contribution in [0.1, 0.15) is 16.8 Å². The number of nitrogens with one attached hydrogen (secondary N) is 1. The Hall–Kier alpha value is -2.10. The molecule has 88 valence electrons. The molecule has 0 saturated carbocycles. The maximum atomic E-state index is 5.62. The second-order valence-corrected chi connectivity index (χ2v) is 4.20. The van der Waals surface area contributed by atoms with E-state index in [0.29, 0.717) is 0 Å². The molecule has 0 aliphatic carbocycles. The molecule has 4 nitrogen and oxygen atoms in total. The number of nitrogens with zero attached hydrogens (tertiary/aromatic N) is 2. The molecule has 0 unspecified atom stereocenters. The Morgan fingerprint density at radius 3 is 2.53 bits per heavy atom. The van der Waals surface area contributed by atoms with Gasteiger partial charge in [-0.05, 0) is 38.0 Å². The summed E-state index contributed by atoms with van der Waals surface area (Å²) in [5.74, 6) is 1.02. The number of nitrogens with two attached hydrogens (primary N) is 1. The molecule has 0 atom stereocenters. The van der Waals surface area contributed by atoms with Crippen molar-refractivity contribution in [2.45, 2.75) is 20.8 Å². The molecule has 17 heavy (non-hydrogen) atoms. The van der Waals surface area contributed by atoms with Gasteiger partial charge in [0.2, 0.25) is 5.95 Å². The number of hydrogen-bond donors (Lipinski definition) is 2. The molecule has 0 saturated heterocycles. The Morgan fingerprint density at radius 1 is 1.06 bits per heavy atom. The second kappa shape index (κ2) is 4.41. The number of aryl methyl sites for hydroxylation is 3. The Kier molecular flexibility index (Phi) is 2.95. The lowest BCUT2D eigenvalue weighted by Crippen LogP contribution is -2.02. The molecule has 1 aromatic heterocycles. The molecule has 1 heterocycles. The summed E-state index contributed by atoms with van der Waals surface area (Å²) in [6, 6.07) is 8.12. The van der Waals surface area contributed by atoms with Gasteiger partial charge < -0.3 is 11.1 Å². The fourth-order valence-electron chi connectivity index (χ4n) is 1.66. The average molecular weight is 228 g/mol. The summed E-state index contributed by atoms with van der Waals surface area (Å²) in [5, 5.41) is 3.26. The molecule has 1 aromatic carbocycles. The third kappa shape index (κ3) is 2.72. The van der Waals surface area contributed by atoms with E-state index in [4.69, 9.17) is 5.73 Å². The molecule has 0 radical (unpaired) electrons. The first-order chi connectivity index (χ1) is 8.04. The average Bonchev–Trinajstić information content (AvgIpc) is 2.22. The van der Waals surface area contributed by atoms with E-state index < -0.39 is 0 Å². The normalized spacial score (nSPS) is 10.3. The fourth-order valence-corrected chi connectivity index (χ4v) is 1.66. The van der Waals surface area contributed by atoms with E-state index in [9.17, 15) is 0 Å². The first-order valence-corrected chi connectivity index (χ1v) is 5.50. The molecule has 0 spiro atoms. The standard InChI is InChI=1S/C13H16N4/c1-8-4-5-9(2)11(6-8)16-12-7-10(3)15-13(14)17-12/h4-7H,1-3H3,(H3,14,15,16,17). The van der Waals surface area contributed by atoms with Crippen molar-refractivity contribution in [2.75, 3.05) is 11.1 Å². The lowest BCUT2D eigenvalue weighted by Gasteiger charge is -2.10. The molecule has 0 aliphatic heterocycles. The van der Waals surface area contributed by atoms with Crippen LogP contribution in [0, 0.1) is 20.8 Å². The van der Waals surface area contributed by atoms with Crippen LogP contribution in [-0.4, -0.2) is 9.97 Å². The maximum absolute atomic E-state index is 5.62. The van der Waals surface area contributed by atoms with Gasteiger partial charge in [-0.25, -0.2) is 4.98 Å². The van der Waals surface area contributed by atoms with Gasteiger partial charge in [0.05, 0.1) is 0 Å². The zero-order chi connectivity index (χ0) is 12.4. The smallest absolute Gasteiger partial charge is 0.222 e. The van der Waals surface area contributed by atoms with Gasteiger partial charge in [0, 0.05) is 17.4 Å². The van der Waals surface area contributed by atoms with Crippen LogP contribution in [0.3, 0.4) is 0 Å². The van der Waals surface area contributed by atoms with Gasteiger partial charge in [-0.15, -0.1) is 0 Å². The highest BCUT2D eigenvalue weighted by molar-refractivity contribution is 5.62. The van der Waals surface area contributed by atoms with Gasteiger partial charge in [0.25, 0.3) is 0 Å². The molecule has 2 aromatic rings. The van der Waals surface area contributed by atoms with E-state index >= 15 is 0 Å². The third-order valence-electron chi connectivity index (χ3n) is 2.53. The largest absolute Gasteiger partial charge is 0.368 e. The molecule has 0 bridgehead atoms. The maximum Gasteiger partial charge on any atom is 0.222 e. The number of benzene rings is 1. The van der Waals surface area contributed by atoms with Gasteiger partial charge in [-0.3, -0.25) is 0 Å². The Balaban J connectivity index is 2.34. The fraction of sp³-hybridized carbons (Fsp3) is 0.231. The van der Waals surface area contributed by atoms with Crippen LogP contribution in [0.2, 0.25) is 0 Å². The third-order valence-corrected chi connectivity index (χ3v) is 2.53. The predicted molar refractivity (Wildman–Crippen MR) is 70.4 cm³/mol. The van der Waals surface area contributed by atoms with Gasteiger partial charge in [-0.2, -0.15) is 4.98 Å². The van der Waals surface area contributed by atoms with Gasteiger partial charge in [0.15, 0.2) is 0 Å². The van der Waals surface area contributed by atoms with Crippen LogP contribution in [-0.2, 0) is 0 Å². The Bertz CT molecular complexity index is 529. The van der Waals surface area contributed by atoms with Crippen molar-refractivity contribution in [1.82, 2.24) is 9.97 Å². The molecule has 4 heteroatoms. The van der Waals surface area contributed by atoms with Crippen molar-refractivity contribution in [3.63, 3.8) is 0 Å². The number of hydrogen-bond acceptors (Lipinski definition) is 4. The predicted octanol–water partition coefficient (Wildman–Crippen LogP) is 2.73.